The van der Waals surface area contributed by atoms with Crippen LogP contribution in [0.3, 0.4) is 0 Å². The summed E-state index contributed by atoms with van der Waals surface area (Å²) < 4.78 is 0. The lowest BCUT2D eigenvalue weighted by atomic mass is 9.94. The van der Waals surface area contributed by atoms with Crippen LogP contribution in [0.15, 0.2) is 5.18 Å². The molecule has 0 aliphatic rings. The highest BCUT2D eigenvalue weighted by atomic mass is 16.3. The Labute approximate surface area is 105 Å². The van der Waals surface area contributed by atoms with Crippen molar-refractivity contribution in [1.82, 2.24) is 5.32 Å². The van der Waals surface area contributed by atoms with Crippen LogP contribution in [0.2, 0.25) is 0 Å². The van der Waals surface area contributed by atoms with Crippen LogP contribution < -0.4 is 16.8 Å². The molecular formula is C12H28N4O. The molecule has 1 atom stereocenters. The molecule has 0 amide bonds. The predicted octanol–water partition coefficient (Wildman–Crippen LogP) is 1.21. The van der Waals surface area contributed by atoms with Crippen LogP contribution in [-0.4, -0.2) is 31.2 Å². The molecule has 0 saturated heterocycles. The largest absolute Gasteiger partial charge is 0.330 e. The Morgan fingerprint density at radius 2 is 1.71 bits per heavy atom. The van der Waals surface area contributed by atoms with E-state index in [1.807, 2.05) is 20.8 Å². The van der Waals surface area contributed by atoms with Gasteiger partial charge in [-0.25, -0.2) is 0 Å². The van der Waals surface area contributed by atoms with Crippen molar-refractivity contribution in [3.63, 3.8) is 0 Å². The monoisotopic (exact) mass is 244 g/mol. The highest BCUT2D eigenvalue weighted by molar-refractivity contribution is 4.88. The summed E-state index contributed by atoms with van der Waals surface area (Å²) in [5, 5.41) is 6.46. The predicted molar refractivity (Wildman–Crippen MR) is 72.8 cm³/mol. The van der Waals surface area contributed by atoms with Crippen molar-refractivity contribution in [3.8, 4) is 0 Å². The van der Waals surface area contributed by atoms with Gasteiger partial charge in [0.15, 0.2) is 0 Å². The van der Waals surface area contributed by atoms with Gasteiger partial charge in [-0.1, -0.05) is 5.18 Å². The van der Waals surface area contributed by atoms with Gasteiger partial charge < -0.3 is 16.8 Å². The second-order valence-electron chi connectivity index (χ2n) is 5.24. The molecule has 5 heteroatoms. The summed E-state index contributed by atoms with van der Waals surface area (Å²) in [7, 11) is 0. The molecule has 17 heavy (non-hydrogen) atoms. The number of nitrogens with one attached hydrogen (secondary N) is 1. The molecule has 0 fully saturated rings. The molecule has 0 bridgehead atoms. The molecule has 0 saturated carbocycles. The number of hydrogen-bond acceptors (Lipinski definition) is 5. The van der Waals surface area contributed by atoms with Gasteiger partial charge in [-0.3, -0.25) is 0 Å². The van der Waals surface area contributed by atoms with Gasteiger partial charge >= 0.3 is 0 Å². The SMILES string of the molecule is CC(N=O)C(C)(C)NCCC(CCN)CCN. The zero-order valence-corrected chi connectivity index (χ0v) is 11.4. The average Bonchev–Trinajstić information content (AvgIpc) is 2.28. The fraction of sp³-hybridized carbons (Fsp3) is 1.00. The van der Waals surface area contributed by atoms with E-state index in [-0.39, 0.29) is 11.6 Å². The quantitative estimate of drug-likeness (QED) is 0.504. The molecule has 0 spiro atoms. The van der Waals surface area contributed by atoms with Crippen molar-refractivity contribution >= 4 is 0 Å². The highest BCUT2D eigenvalue weighted by Gasteiger charge is 2.25. The van der Waals surface area contributed by atoms with Crippen LogP contribution in [0, 0.1) is 10.8 Å². The van der Waals surface area contributed by atoms with Gasteiger partial charge in [-0.15, -0.1) is 0 Å². The molecule has 0 aliphatic carbocycles. The Balaban J connectivity index is 3.97. The van der Waals surface area contributed by atoms with Gasteiger partial charge in [0, 0.05) is 5.54 Å². The zero-order valence-electron chi connectivity index (χ0n) is 11.4. The van der Waals surface area contributed by atoms with Gasteiger partial charge in [0.05, 0.1) is 0 Å². The van der Waals surface area contributed by atoms with Gasteiger partial charge in [0.25, 0.3) is 0 Å². The van der Waals surface area contributed by atoms with Crippen LogP contribution in [0.25, 0.3) is 0 Å². The van der Waals surface area contributed by atoms with Crippen molar-refractivity contribution in [2.75, 3.05) is 19.6 Å². The van der Waals surface area contributed by atoms with Crippen molar-refractivity contribution in [2.24, 2.45) is 22.6 Å². The van der Waals surface area contributed by atoms with E-state index in [2.05, 4.69) is 10.5 Å². The molecule has 0 rings (SSSR count). The third-order valence-electron chi connectivity index (χ3n) is 3.49. The lowest BCUT2D eigenvalue weighted by Gasteiger charge is -2.29. The molecular weight excluding hydrogens is 216 g/mol. The van der Waals surface area contributed by atoms with E-state index in [0.717, 1.165) is 25.8 Å². The van der Waals surface area contributed by atoms with E-state index in [4.69, 9.17) is 11.5 Å². The summed E-state index contributed by atoms with van der Waals surface area (Å²) in [4.78, 5) is 10.5. The van der Waals surface area contributed by atoms with Crippen molar-refractivity contribution in [2.45, 2.75) is 51.6 Å². The Kier molecular flexibility index (Phi) is 8.29. The van der Waals surface area contributed by atoms with E-state index >= 15 is 0 Å². The Bertz CT molecular complexity index is 203. The normalized spacial score (nSPS) is 14.0. The lowest BCUT2D eigenvalue weighted by molar-refractivity contribution is 0.311. The average molecular weight is 244 g/mol. The minimum Gasteiger partial charge on any atom is -0.330 e. The number of hydrogen-bond donors (Lipinski definition) is 3. The van der Waals surface area contributed by atoms with E-state index in [1.54, 1.807) is 0 Å². The van der Waals surface area contributed by atoms with Crippen LogP contribution in [-0.2, 0) is 0 Å². The number of nitrogens with zero attached hydrogens (tertiary/aromatic N) is 1. The summed E-state index contributed by atoms with van der Waals surface area (Å²) in [6, 6.07) is -0.232. The van der Waals surface area contributed by atoms with Crippen LogP contribution >= 0.6 is 0 Å². The van der Waals surface area contributed by atoms with Crippen molar-refractivity contribution < 1.29 is 0 Å². The zero-order chi connectivity index (χ0) is 13.3. The smallest absolute Gasteiger partial charge is 0.107 e. The molecule has 0 aromatic carbocycles. The molecule has 0 aromatic heterocycles. The topological polar surface area (TPSA) is 93.5 Å². The molecule has 102 valence electrons. The molecule has 0 radical (unpaired) electrons. The summed E-state index contributed by atoms with van der Waals surface area (Å²) in [5.41, 5.74) is 10.9. The van der Waals surface area contributed by atoms with E-state index in [1.165, 1.54) is 0 Å². The summed E-state index contributed by atoms with van der Waals surface area (Å²) >= 11 is 0. The lowest BCUT2D eigenvalue weighted by Crippen LogP contribution is -2.48. The van der Waals surface area contributed by atoms with Crippen LogP contribution in [0.4, 0.5) is 0 Å². The number of nitroso groups, excluding NO2 is 1. The molecule has 5 N–H and O–H groups in total. The van der Waals surface area contributed by atoms with E-state index in [0.29, 0.717) is 19.0 Å². The maximum absolute atomic E-state index is 10.5. The van der Waals surface area contributed by atoms with Gasteiger partial charge in [-0.05, 0) is 65.6 Å². The second kappa shape index (κ2) is 8.55. The molecule has 0 heterocycles. The second-order valence-corrected chi connectivity index (χ2v) is 5.24. The summed E-state index contributed by atoms with van der Waals surface area (Å²) in [6.07, 6.45) is 3.07. The minimum absolute atomic E-state index is 0.232. The Morgan fingerprint density at radius 1 is 1.18 bits per heavy atom. The van der Waals surface area contributed by atoms with Crippen molar-refractivity contribution in [3.05, 3.63) is 4.91 Å². The van der Waals surface area contributed by atoms with Crippen LogP contribution in [0.5, 0.6) is 0 Å². The van der Waals surface area contributed by atoms with Gasteiger partial charge in [-0.2, -0.15) is 4.91 Å². The third kappa shape index (κ3) is 6.71. The Morgan fingerprint density at radius 3 is 2.12 bits per heavy atom. The van der Waals surface area contributed by atoms with Crippen LogP contribution in [0.1, 0.15) is 40.0 Å². The third-order valence-corrected chi connectivity index (χ3v) is 3.49. The maximum atomic E-state index is 10.5. The molecule has 5 nitrogen and oxygen atoms in total. The van der Waals surface area contributed by atoms with E-state index in [9.17, 15) is 4.91 Å². The summed E-state index contributed by atoms with van der Waals surface area (Å²) in [5.74, 6) is 0.577. The van der Waals surface area contributed by atoms with Gasteiger partial charge in [0.1, 0.15) is 6.04 Å². The first kappa shape index (κ1) is 16.5. The minimum atomic E-state index is -0.252. The first-order valence-electron chi connectivity index (χ1n) is 6.45. The highest BCUT2D eigenvalue weighted by Crippen LogP contribution is 2.15. The molecule has 1 unspecified atom stereocenters. The van der Waals surface area contributed by atoms with Gasteiger partial charge in [0.2, 0.25) is 0 Å². The number of rotatable bonds is 10. The fourth-order valence-corrected chi connectivity index (χ4v) is 1.78. The molecule has 0 aromatic rings. The van der Waals surface area contributed by atoms with E-state index < -0.39 is 0 Å². The molecule has 0 aliphatic heterocycles. The standard InChI is InChI=1S/C12H28N4O/c1-10(16-17)12(2,3)15-9-6-11(4-7-13)5-8-14/h10-11,15H,4-9,13-14H2,1-3H3. The first-order chi connectivity index (χ1) is 7.97. The Hall–Kier alpha value is -0.520. The fourth-order valence-electron chi connectivity index (χ4n) is 1.78. The first-order valence-corrected chi connectivity index (χ1v) is 6.45. The number of nitrogens with two attached hydrogens (primary N) is 2. The van der Waals surface area contributed by atoms with Crippen molar-refractivity contribution in [1.29, 1.82) is 0 Å². The summed E-state index contributed by atoms with van der Waals surface area (Å²) in [6.45, 7) is 8.12. The maximum Gasteiger partial charge on any atom is 0.107 e.